The lowest BCUT2D eigenvalue weighted by Crippen LogP contribution is -2.46. The van der Waals surface area contributed by atoms with Gasteiger partial charge in [-0.05, 0) is 56.5 Å². The van der Waals surface area contributed by atoms with Crippen LogP contribution in [-0.4, -0.2) is 82.6 Å². The Kier molecular flexibility index (Phi) is 8.46. The highest BCUT2D eigenvalue weighted by molar-refractivity contribution is 6.31. The van der Waals surface area contributed by atoms with Gasteiger partial charge < -0.3 is 29.2 Å². The van der Waals surface area contributed by atoms with Crippen molar-refractivity contribution in [3.8, 4) is 0 Å². The van der Waals surface area contributed by atoms with Crippen molar-refractivity contribution in [1.29, 1.82) is 0 Å². The number of hydrogen-bond acceptors (Lipinski definition) is 8. The van der Waals surface area contributed by atoms with Crippen molar-refractivity contribution in [2.45, 2.75) is 51.5 Å². The Morgan fingerprint density at radius 2 is 1.91 bits per heavy atom. The van der Waals surface area contributed by atoms with Crippen LogP contribution in [0.2, 0.25) is 5.02 Å². The molecule has 43 heavy (non-hydrogen) atoms. The van der Waals surface area contributed by atoms with Crippen molar-refractivity contribution >= 4 is 45.5 Å². The lowest BCUT2D eigenvalue weighted by atomic mass is 10.1. The van der Waals surface area contributed by atoms with Crippen molar-refractivity contribution in [3.05, 3.63) is 69.0 Å². The summed E-state index contributed by atoms with van der Waals surface area (Å²) in [4.78, 5) is 36.5. The van der Waals surface area contributed by atoms with Crippen LogP contribution < -0.4 is 16.2 Å². The maximum absolute atomic E-state index is 13.9. The normalized spacial score (nSPS) is 21.5. The Labute approximate surface area is 255 Å². The molecule has 2 aromatic carbocycles. The summed E-state index contributed by atoms with van der Waals surface area (Å²) in [5, 5.41) is 1.33. The van der Waals surface area contributed by atoms with E-state index in [-0.39, 0.29) is 30.4 Å². The number of esters is 1. The largest absolute Gasteiger partial charge is 0.461 e. The highest BCUT2D eigenvalue weighted by Gasteiger charge is 2.27. The smallest absolute Gasteiger partial charge is 0.338 e. The van der Waals surface area contributed by atoms with Gasteiger partial charge in [0.25, 0.3) is 5.56 Å². The summed E-state index contributed by atoms with van der Waals surface area (Å²) in [7, 11) is 1.75. The summed E-state index contributed by atoms with van der Waals surface area (Å²) < 4.78 is 15.1. The molecule has 2 aromatic heterocycles. The lowest BCUT2D eigenvalue weighted by molar-refractivity contribution is -0.0712. The zero-order valence-corrected chi connectivity index (χ0v) is 25.7. The van der Waals surface area contributed by atoms with E-state index in [2.05, 4.69) is 23.6 Å². The number of benzene rings is 2. The first-order valence-corrected chi connectivity index (χ1v) is 15.4. The molecule has 0 bridgehead atoms. The molecule has 10 nitrogen and oxygen atoms in total. The van der Waals surface area contributed by atoms with E-state index >= 15 is 0 Å². The number of fused-ring (bicyclic) bond motifs is 3. The number of carbonyl (C=O) groups is 1. The molecule has 0 amide bonds. The zero-order valence-electron chi connectivity index (χ0n) is 25.0. The van der Waals surface area contributed by atoms with Gasteiger partial charge in [-0.2, -0.15) is 0 Å². The number of morpholine rings is 1. The second kappa shape index (κ2) is 12.3. The molecule has 2 saturated heterocycles. The fraction of sp³-hybridized carbons (Fsp3) is 0.469. The number of piperidine rings is 1. The Hall–Kier alpha value is -3.44. The quantitative estimate of drug-likeness (QED) is 0.317. The third-order valence-corrected chi connectivity index (χ3v) is 8.84. The van der Waals surface area contributed by atoms with E-state index in [1.807, 2.05) is 28.8 Å². The molecule has 2 N–H and O–H groups in total. The second-order valence-electron chi connectivity index (χ2n) is 11.9. The summed E-state index contributed by atoms with van der Waals surface area (Å²) in [6, 6.07) is 12.9. The number of halogens is 1. The van der Waals surface area contributed by atoms with Gasteiger partial charge in [0.1, 0.15) is 17.6 Å². The number of pyridine rings is 1. The third kappa shape index (κ3) is 6.02. The minimum Gasteiger partial charge on any atom is -0.461 e. The minimum atomic E-state index is -0.406. The zero-order chi connectivity index (χ0) is 30.2. The molecule has 11 heteroatoms. The maximum atomic E-state index is 13.9. The summed E-state index contributed by atoms with van der Waals surface area (Å²) in [5.74, 6) is 0.271. The molecule has 2 aliphatic rings. The lowest BCUT2D eigenvalue weighted by Gasteiger charge is -2.35. The van der Waals surface area contributed by atoms with Gasteiger partial charge in [0.2, 0.25) is 5.95 Å². The Balaban J connectivity index is 1.38. The van der Waals surface area contributed by atoms with E-state index in [0.717, 1.165) is 38.0 Å². The van der Waals surface area contributed by atoms with E-state index in [9.17, 15) is 9.59 Å². The SMILES string of the molecule is C[C@@H]1CN(CCOC(=O)c2ccc3c(c2)c2nc(N4CCC[C@@H](N)C4)n(Cc4ccccc4Cl)c2c(=O)n3C)C[C@H](C)O1. The number of carbonyl (C=O) groups excluding carboxylic acids is 1. The molecule has 0 saturated carbocycles. The topological polar surface area (TPSA) is 108 Å². The molecule has 0 radical (unpaired) electrons. The van der Waals surface area contributed by atoms with Crippen LogP contribution in [0.15, 0.2) is 47.3 Å². The standard InChI is InChI=1S/C32H39ClN6O4/c1-20-16-37(17-21(2)43-20)13-14-42-31(41)22-10-11-27-25(15-22)28-29(30(40)36(27)3)39(18-23-7-4-5-9-26(23)33)32(35-28)38-12-6-8-24(34)19-38/h4-5,7,9-11,15,20-21,24H,6,8,12-14,16-19,34H2,1-3H3/t20-,21+,24-/m1/s1. The number of anilines is 1. The highest BCUT2D eigenvalue weighted by Crippen LogP contribution is 2.31. The number of aryl methyl sites for hydroxylation is 1. The van der Waals surface area contributed by atoms with Crippen molar-refractivity contribution in [2.75, 3.05) is 44.2 Å². The summed E-state index contributed by atoms with van der Waals surface area (Å²) >= 11 is 6.57. The van der Waals surface area contributed by atoms with Gasteiger partial charge in [0.15, 0.2) is 0 Å². The van der Waals surface area contributed by atoms with E-state index in [4.69, 9.17) is 31.8 Å². The molecule has 2 aliphatic heterocycles. The van der Waals surface area contributed by atoms with Gasteiger partial charge in [-0.1, -0.05) is 29.8 Å². The molecule has 4 heterocycles. The first-order chi connectivity index (χ1) is 20.7. The molecule has 3 atom stereocenters. The Morgan fingerprint density at radius 1 is 1.14 bits per heavy atom. The van der Waals surface area contributed by atoms with Crippen LogP contribution in [0.1, 0.15) is 42.6 Å². The Morgan fingerprint density at radius 3 is 2.65 bits per heavy atom. The van der Waals surface area contributed by atoms with Crippen molar-refractivity contribution < 1.29 is 14.3 Å². The number of nitrogens with two attached hydrogens (primary N) is 1. The van der Waals surface area contributed by atoms with Crippen LogP contribution in [0.4, 0.5) is 5.95 Å². The van der Waals surface area contributed by atoms with Crippen LogP contribution in [0.3, 0.4) is 0 Å². The molecular weight excluding hydrogens is 568 g/mol. The van der Waals surface area contributed by atoms with Gasteiger partial charge >= 0.3 is 5.97 Å². The van der Waals surface area contributed by atoms with E-state index < -0.39 is 5.97 Å². The number of hydrogen-bond donors (Lipinski definition) is 1. The van der Waals surface area contributed by atoms with Gasteiger partial charge in [0, 0.05) is 56.2 Å². The number of ether oxygens (including phenoxy) is 2. The molecule has 2 fully saturated rings. The molecule has 4 aromatic rings. The third-order valence-electron chi connectivity index (χ3n) is 8.47. The summed E-state index contributed by atoms with van der Waals surface area (Å²) in [6.07, 6.45) is 2.18. The van der Waals surface area contributed by atoms with Crippen LogP contribution >= 0.6 is 11.6 Å². The van der Waals surface area contributed by atoms with Gasteiger partial charge in [-0.3, -0.25) is 9.69 Å². The van der Waals surface area contributed by atoms with Crippen molar-refractivity contribution in [1.82, 2.24) is 19.0 Å². The molecule has 0 spiro atoms. The predicted molar refractivity (Wildman–Crippen MR) is 169 cm³/mol. The van der Waals surface area contributed by atoms with Crippen molar-refractivity contribution in [3.63, 3.8) is 0 Å². The molecule has 0 aliphatic carbocycles. The fourth-order valence-corrected chi connectivity index (χ4v) is 6.65. The van der Waals surface area contributed by atoms with E-state index in [0.29, 0.717) is 58.1 Å². The predicted octanol–water partition coefficient (Wildman–Crippen LogP) is 3.78. The number of imidazole rings is 1. The number of nitrogens with zero attached hydrogens (tertiary/aromatic N) is 5. The molecule has 228 valence electrons. The van der Waals surface area contributed by atoms with Crippen LogP contribution in [0, 0.1) is 0 Å². The summed E-state index contributed by atoms with van der Waals surface area (Å²) in [6.45, 7) is 8.46. The first kappa shape index (κ1) is 29.6. The summed E-state index contributed by atoms with van der Waals surface area (Å²) in [5.41, 5.74) is 9.19. The average molecular weight is 607 g/mol. The first-order valence-electron chi connectivity index (χ1n) is 15.0. The van der Waals surface area contributed by atoms with E-state index in [1.165, 1.54) is 0 Å². The second-order valence-corrected chi connectivity index (χ2v) is 12.3. The molecule has 0 unspecified atom stereocenters. The number of rotatable bonds is 7. The Bertz CT molecular complexity index is 1710. The minimum absolute atomic E-state index is 0.0205. The van der Waals surface area contributed by atoms with Crippen LogP contribution in [0.5, 0.6) is 0 Å². The van der Waals surface area contributed by atoms with Gasteiger partial charge in [0.05, 0.1) is 29.8 Å². The van der Waals surface area contributed by atoms with Crippen LogP contribution in [0.25, 0.3) is 21.9 Å². The van der Waals surface area contributed by atoms with Crippen LogP contribution in [-0.2, 0) is 23.1 Å². The van der Waals surface area contributed by atoms with Gasteiger partial charge in [-0.25, -0.2) is 9.78 Å². The van der Waals surface area contributed by atoms with Crippen molar-refractivity contribution in [2.24, 2.45) is 12.8 Å². The highest BCUT2D eigenvalue weighted by atomic mass is 35.5. The number of aromatic nitrogens is 3. The average Bonchev–Trinajstić information content (AvgIpc) is 3.36. The van der Waals surface area contributed by atoms with E-state index in [1.54, 1.807) is 29.8 Å². The monoisotopic (exact) mass is 606 g/mol. The fourth-order valence-electron chi connectivity index (χ4n) is 6.46. The molecule has 6 rings (SSSR count). The van der Waals surface area contributed by atoms with Gasteiger partial charge in [-0.15, -0.1) is 0 Å². The maximum Gasteiger partial charge on any atom is 0.338 e. The molecular formula is C32H39ClN6O4.